The van der Waals surface area contributed by atoms with E-state index in [0.717, 1.165) is 6.42 Å². The summed E-state index contributed by atoms with van der Waals surface area (Å²) in [7, 11) is 0. The van der Waals surface area contributed by atoms with Crippen LogP contribution in [0, 0.1) is 0 Å². The Kier molecular flexibility index (Phi) is 4.81. The Bertz CT molecular complexity index is 504. The maximum atomic E-state index is 12.2. The Morgan fingerprint density at radius 1 is 1.30 bits per heavy atom. The molecule has 1 fully saturated rings. The number of benzene rings is 1. The second-order valence-corrected chi connectivity index (χ2v) is 6.99. The molecule has 1 aromatic carbocycles. The van der Waals surface area contributed by atoms with Gasteiger partial charge in [0.15, 0.2) is 0 Å². The quantitative estimate of drug-likeness (QED) is 0.636. The molecule has 0 bridgehead atoms. The zero-order chi connectivity index (χ0) is 14.7. The van der Waals surface area contributed by atoms with Crippen LogP contribution in [0.5, 0.6) is 0 Å². The number of amides is 2. The number of rotatable bonds is 3. The number of hydrogen-bond donors (Lipinski definition) is 3. The zero-order valence-electron chi connectivity index (χ0n) is 11.1. The van der Waals surface area contributed by atoms with E-state index in [1.807, 2.05) is 0 Å². The minimum atomic E-state index is -2.86. The van der Waals surface area contributed by atoms with Gasteiger partial charge in [-0.15, -0.1) is 0 Å². The first kappa shape index (κ1) is 15.0. The van der Waals surface area contributed by atoms with Crippen LogP contribution in [0.25, 0.3) is 0 Å². The van der Waals surface area contributed by atoms with Gasteiger partial charge in [-0.05, 0) is 0 Å². The van der Waals surface area contributed by atoms with Gasteiger partial charge in [-0.2, -0.15) is 0 Å². The molecule has 7 heteroatoms. The molecule has 108 valence electrons. The Morgan fingerprint density at radius 2 is 1.95 bits per heavy atom. The molecule has 0 saturated carbocycles. The summed E-state index contributed by atoms with van der Waals surface area (Å²) in [6.45, 7) is 2.09. The van der Waals surface area contributed by atoms with Crippen LogP contribution in [0.2, 0.25) is 0 Å². The van der Waals surface area contributed by atoms with Crippen LogP contribution in [-0.2, 0) is 9.59 Å². The second kappa shape index (κ2) is 6.39. The fraction of sp³-hybridized carbons (Fsp3) is 0.385. The first-order valence-electron chi connectivity index (χ1n) is 6.35. The van der Waals surface area contributed by atoms with Gasteiger partial charge in [0.25, 0.3) is 0 Å². The first-order valence-corrected chi connectivity index (χ1v) is 8.96. The topological polar surface area (TPSA) is 89.9 Å². The molecule has 3 N–H and O–H groups in total. The summed E-state index contributed by atoms with van der Waals surface area (Å²) in [6.07, 6.45) is 1.51. The van der Waals surface area contributed by atoms with Crippen molar-refractivity contribution < 1.29 is 17.8 Å². The van der Waals surface area contributed by atoms with Crippen LogP contribution in [0.1, 0.15) is 19.8 Å². The van der Waals surface area contributed by atoms with Crippen LogP contribution in [0.3, 0.4) is 0 Å². The number of anilines is 1. The van der Waals surface area contributed by atoms with E-state index < -0.39 is 21.4 Å². The molecule has 2 rings (SSSR count). The molecule has 0 radical (unpaired) electrons. The average Bonchev–Trinajstić information content (AvgIpc) is 2.88. The van der Waals surface area contributed by atoms with Gasteiger partial charge in [-0.25, -0.2) is 0 Å². The Morgan fingerprint density at radius 3 is 2.50 bits per heavy atom. The summed E-state index contributed by atoms with van der Waals surface area (Å²) in [5.41, 5.74) is 0.588. The molecule has 1 aliphatic heterocycles. The second-order valence-electron chi connectivity index (χ2n) is 4.70. The molecule has 0 spiro atoms. The van der Waals surface area contributed by atoms with E-state index in [2.05, 4.69) is 5.32 Å². The SMILES string of the molecule is CC(=O)N1CCCC1C(=O)Nc1ccc([As](O)O)cc1. The predicted molar refractivity (Wildman–Crippen MR) is 75.3 cm³/mol. The van der Waals surface area contributed by atoms with Gasteiger partial charge >= 0.3 is 122 Å². The van der Waals surface area contributed by atoms with Gasteiger partial charge < -0.3 is 0 Å². The standard InChI is InChI=1S/C13H17AsN2O4/c1-9(17)16-8-2-3-12(16)13(18)15-11-6-4-10(5-7-11)14(19)20/h4-7,12,19-20H,2-3,8H2,1H3,(H,15,18). The fourth-order valence-electron chi connectivity index (χ4n) is 2.32. The summed E-state index contributed by atoms with van der Waals surface area (Å²) in [4.78, 5) is 25.2. The van der Waals surface area contributed by atoms with Crippen molar-refractivity contribution in [1.82, 2.24) is 4.90 Å². The van der Waals surface area contributed by atoms with E-state index in [-0.39, 0.29) is 11.8 Å². The van der Waals surface area contributed by atoms with E-state index in [0.29, 0.717) is 23.0 Å². The van der Waals surface area contributed by atoms with Gasteiger partial charge in [0.2, 0.25) is 0 Å². The van der Waals surface area contributed by atoms with Crippen molar-refractivity contribution in [2.75, 3.05) is 11.9 Å². The number of carbonyl (C=O) groups excluding carboxylic acids is 2. The molecule has 1 atom stereocenters. The third-order valence-electron chi connectivity index (χ3n) is 3.33. The van der Waals surface area contributed by atoms with Crippen molar-refractivity contribution >= 4 is 37.2 Å². The van der Waals surface area contributed by atoms with E-state index >= 15 is 0 Å². The molecular formula is C13H17AsN2O4. The van der Waals surface area contributed by atoms with Gasteiger partial charge in [0.1, 0.15) is 0 Å². The van der Waals surface area contributed by atoms with Gasteiger partial charge in [0.05, 0.1) is 0 Å². The van der Waals surface area contributed by atoms with Crippen molar-refractivity contribution in [2.24, 2.45) is 0 Å². The number of nitrogens with zero attached hydrogens (tertiary/aromatic N) is 1. The van der Waals surface area contributed by atoms with Crippen molar-refractivity contribution in [3.63, 3.8) is 0 Å². The molecule has 1 saturated heterocycles. The van der Waals surface area contributed by atoms with Gasteiger partial charge in [-0.3, -0.25) is 0 Å². The van der Waals surface area contributed by atoms with Crippen molar-refractivity contribution in [1.29, 1.82) is 0 Å². The van der Waals surface area contributed by atoms with E-state index in [9.17, 15) is 9.59 Å². The van der Waals surface area contributed by atoms with Gasteiger partial charge in [-0.1, -0.05) is 0 Å². The molecular weight excluding hydrogens is 323 g/mol. The summed E-state index contributed by atoms with van der Waals surface area (Å²) < 4.78 is 18.8. The molecule has 1 aromatic rings. The zero-order valence-corrected chi connectivity index (χ0v) is 13.0. The number of carbonyl (C=O) groups is 2. The first-order chi connectivity index (χ1) is 9.49. The van der Waals surface area contributed by atoms with Crippen LogP contribution in [-0.4, -0.2) is 52.8 Å². The molecule has 0 aromatic heterocycles. The predicted octanol–water partition coefficient (Wildman–Crippen LogP) is -0.684. The molecule has 1 aliphatic rings. The van der Waals surface area contributed by atoms with Crippen LogP contribution in [0.4, 0.5) is 5.69 Å². The number of nitrogens with one attached hydrogen (secondary N) is 1. The Labute approximate surface area is 122 Å². The Hall–Kier alpha value is -1.36. The van der Waals surface area contributed by atoms with Crippen LogP contribution < -0.4 is 9.67 Å². The van der Waals surface area contributed by atoms with Crippen molar-refractivity contribution in [3.05, 3.63) is 24.3 Å². The monoisotopic (exact) mass is 340 g/mol. The summed E-state index contributed by atoms with van der Waals surface area (Å²) in [6, 6.07) is 6.04. The summed E-state index contributed by atoms with van der Waals surface area (Å²) >= 11 is -2.86. The normalized spacial score (nSPS) is 18.4. The molecule has 6 nitrogen and oxygen atoms in total. The molecule has 20 heavy (non-hydrogen) atoms. The van der Waals surface area contributed by atoms with Gasteiger partial charge in [0, 0.05) is 0 Å². The van der Waals surface area contributed by atoms with E-state index in [1.165, 1.54) is 6.92 Å². The molecule has 2 amide bonds. The molecule has 0 aliphatic carbocycles. The van der Waals surface area contributed by atoms with Crippen molar-refractivity contribution in [3.8, 4) is 0 Å². The number of hydrogen-bond acceptors (Lipinski definition) is 4. The number of likely N-dealkylation sites (tertiary alicyclic amines) is 1. The summed E-state index contributed by atoms with van der Waals surface area (Å²) in [5.74, 6) is -0.291. The summed E-state index contributed by atoms with van der Waals surface area (Å²) in [5, 5.41) is 2.75. The average molecular weight is 340 g/mol. The minimum absolute atomic E-state index is 0.0901. The third-order valence-corrected chi connectivity index (χ3v) is 4.92. The molecule has 1 heterocycles. The maximum absolute atomic E-state index is 12.2. The molecule has 1 unspecified atom stereocenters. The van der Waals surface area contributed by atoms with Crippen LogP contribution >= 0.6 is 0 Å². The fourth-order valence-corrected chi connectivity index (χ4v) is 3.19. The third kappa shape index (κ3) is 3.39. The van der Waals surface area contributed by atoms with E-state index in [1.54, 1.807) is 29.2 Å². The van der Waals surface area contributed by atoms with Crippen LogP contribution in [0.15, 0.2) is 24.3 Å². The Balaban J connectivity index is 2.02. The van der Waals surface area contributed by atoms with E-state index in [4.69, 9.17) is 8.19 Å². The van der Waals surface area contributed by atoms with Crippen molar-refractivity contribution in [2.45, 2.75) is 25.8 Å².